The van der Waals surface area contributed by atoms with Crippen molar-refractivity contribution in [3.8, 4) is 0 Å². The summed E-state index contributed by atoms with van der Waals surface area (Å²) in [7, 11) is 1.17. The molecular formula is C16H21N4NaO9S. The molecule has 6 N–H and O–H groups in total. The van der Waals surface area contributed by atoms with Gasteiger partial charge in [-0.3, -0.25) is 19.5 Å². The third-order valence-corrected chi connectivity index (χ3v) is 5.86. The summed E-state index contributed by atoms with van der Waals surface area (Å²) in [4.78, 5) is 50.8. The largest absolute Gasteiger partial charge is 1.00 e. The van der Waals surface area contributed by atoms with E-state index in [-0.39, 0.29) is 65.8 Å². The number of hydrogen-bond acceptors (Lipinski definition) is 10. The van der Waals surface area contributed by atoms with E-state index in [1.54, 1.807) is 0 Å². The van der Waals surface area contributed by atoms with Gasteiger partial charge in [0, 0.05) is 18.4 Å². The maximum Gasteiger partial charge on any atom is 1.00 e. The van der Waals surface area contributed by atoms with E-state index in [0.717, 1.165) is 16.7 Å². The van der Waals surface area contributed by atoms with Crippen molar-refractivity contribution in [2.45, 2.75) is 36.4 Å². The Morgan fingerprint density at radius 1 is 1.42 bits per heavy atom. The Labute approximate surface area is 203 Å². The average molecular weight is 468 g/mol. The minimum absolute atomic E-state index is 0. The molecule has 2 amide bonds. The number of thioether (sulfide) groups is 1. The molecule has 0 bridgehead atoms. The number of hydrogen-bond donors (Lipinski definition) is 4. The number of fused-ring (bicyclic) bond motifs is 1. The van der Waals surface area contributed by atoms with Crippen LogP contribution in [0.4, 0.5) is 4.79 Å². The van der Waals surface area contributed by atoms with Gasteiger partial charge in [0.1, 0.15) is 23.7 Å². The Kier molecular flexibility index (Phi) is 9.78. The van der Waals surface area contributed by atoms with Crippen molar-refractivity contribution in [3.63, 3.8) is 0 Å². The number of nitrogens with zero attached hydrogens (tertiary/aromatic N) is 2. The first kappa shape index (κ1) is 27.2. The van der Waals surface area contributed by atoms with Crippen LogP contribution in [0.5, 0.6) is 0 Å². The number of aliphatic imine (C=N–C) groups is 1. The van der Waals surface area contributed by atoms with E-state index in [0.29, 0.717) is 0 Å². The average Bonchev–Trinajstić information content (AvgIpc) is 2.68. The maximum atomic E-state index is 12.8. The minimum Gasteiger partial charge on any atom is -0.862 e. The molecule has 1 unspecified atom stereocenters. The monoisotopic (exact) mass is 468 g/mol. The molecule has 0 aliphatic carbocycles. The summed E-state index contributed by atoms with van der Waals surface area (Å²) in [5.41, 5.74) is 8.15. The number of aliphatic carboxylic acids is 2. The number of carboxylic acid groups (broad SMARTS) is 2. The standard InChI is InChI=1S/C16H22N4O9S.Na/c1-28-16(19-9(21)4-2-3-8(17)11(22)23)13(26)20-10(12(24)25)7(5-29-15(18)27)6-30-14(16)20;/h8,14H,2-6,17H2,1H3,(H2,18,27)(H,19,21)(H,22,23)(H,24,25);/q;+1/p-1/t8?,14-,16+;/m1./s1. The van der Waals surface area contributed by atoms with Crippen LogP contribution in [0.25, 0.3) is 0 Å². The molecule has 2 rings (SSSR count). The second-order valence-electron chi connectivity index (χ2n) is 6.45. The molecule has 2 heterocycles. The molecule has 13 nitrogen and oxygen atoms in total. The van der Waals surface area contributed by atoms with E-state index in [1.165, 1.54) is 7.11 Å². The summed E-state index contributed by atoms with van der Waals surface area (Å²) in [6.07, 6.45) is -1.07. The van der Waals surface area contributed by atoms with Crippen LogP contribution in [-0.2, 0) is 23.9 Å². The molecule has 1 saturated heterocycles. The number of carbonyl (C=O) groups is 4. The van der Waals surface area contributed by atoms with Crippen LogP contribution in [0.15, 0.2) is 16.3 Å². The summed E-state index contributed by atoms with van der Waals surface area (Å²) in [5.74, 6) is -4.10. The number of nitrogens with two attached hydrogens (primary N) is 2. The number of methoxy groups -OCH3 is 1. The fourth-order valence-electron chi connectivity index (χ4n) is 3.02. The zero-order valence-corrected chi connectivity index (χ0v) is 19.7. The normalized spacial score (nSPS) is 23.9. The number of β-lactam (4-membered cyclic amide) rings is 1. The van der Waals surface area contributed by atoms with Crippen LogP contribution >= 0.6 is 11.8 Å². The van der Waals surface area contributed by atoms with E-state index in [4.69, 9.17) is 21.3 Å². The SMILES string of the molecule is CO[C@@]1(N=C([O-])CCCC(N)C(=O)O)C(=O)N2C(C(=O)O)=C(COC(N)=O)CS[C@@H]21.[Na+]. The Bertz CT molecular complexity index is 821. The van der Waals surface area contributed by atoms with Crippen molar-refractivity contribution < 1.29 is 73.5 Å². The summed E-state index contributed by atoms with van der Waals surface area (Å²) >= 11 is 1.09. The molecule has 15 heteroatoms. The molecule has 2 aliphatic rings. The van der Waals surface area contributed by atoms with E-state index >= 15 is 0 Å². The topological polar surface area (TPSA) is 218 Å². The number of carbonyl (C=O) groups excluding carboxylic acids is 2. The van der Waals surface area contributed by atoms with Gasteiger partial charge in [-0.1, -0.05) is 0 Å². The van der Waals surface area contributed by atoms with Crippen molar-refractivity contribution in [3.05, 3.63) is 11.3 Å². The summed E-state index contributed by atoms with van der Waals surface area (Å²) in [5, 5.41) is 29.6. The van der Waals surface area contributed by atoms with Gasteiger partial charge in [0.2, 0.25) is 0 Å². The van der Waals surface area contributed by atoms with Crippen LogP contribution < -0.4 is 46.1 Å². The second kappa shape index (κ2) is 11.2. The summed E-state index contributed by atoms with van der Waals surface area (Å²) in [6, 6.07) is -1.12. The van der Waals surface area contributed by atoms with E-state index in [1.807, 2.05) is 0 Å². The van der Waals surface area contributed by atoms with Gasteiger partial charge in [-0.2, -0.15) is 0 Å². The number of primary amides is 1. The predicted molar refractivity (Wildman–Crippen MR) is 99.9 cm³/mol. The van der Waals surface area contributed by atoms with Gasteiger partial charge in [-0.25, -0.2) is 9.59 Å². The van der Waals surface area contributed by atoms with Gasteiger partial charge >= 0.3 is 47.6 Å². The Morgan fingerprint density at radius 2 is 2.06 bits per heavy atom. The van der Waals surface area contributed by atoms with Gasteiger partial charge in [0.25, 0.3) is 11.6 Å². The summed E-state index contributed by atoms with van der Waals surface area (Å²) < 4.78 is 9.85. The van der Waals surface area contributed by atoms with Crippen molar-refractivity contribution in [2.24, 2.45) is 16.5 Å². The first-order valence-corrected chi connectivity index (χ1v) is 9.72. The molecule has 0 aromatic carbocycles. The van der Waals surface area contributed by atoms with Crippen molar-refractivity contribution in [2.75, 3.05) is 19.5 Å². The molecule has 3 atom stereocenters. The minimum atomic E-state index is -1.90. The van der Waals surface area contributed by atoms with Gasteiger partial charge in [-0.05, 0) is 25.2 Å². The molecule has 1 fully saturated rings. The molecule has 0 aromatic heterocycles. The number of amides is 2. The van der Waals surface area contributed by atoms with E-state index in [9.17, 15) is 29.4 Å². The summed E-state index contributed by atoms with van der Waals surface area (Å²) in [6.45, 7) is -0.402. The van der Waals surface area contributed by atoms with Crippen molar-refractivity contribution in [1.29, 1.82) is 0 Å². The number of rotatable bonds is 10. The molecule has 0 radical (unpaired) electrons. The fraction of sp³-hybridized carbons (Fsp3) is 0.562. The van der Waals surface area contributed by atoms with Crippen LogP contribution in [0.3, 0.4) is 0 Å². The zero-order valence-electron chi connectivity index (χ0n) is 16.9. The quantitative estimate of drug-likeness (QED) is 0.103. The molecule has 166 valence electrons. The zero-order chi connectivity index (χ0) is 22.6. The van der Waals surface area contributed by atoms with Crippen molar-refractivity contribution >= 4 is 41.6 Å². The number of ether oxygens (including phenoxy) is 2. The smallest absolute Gasteiger partial charge is 0.862 e. The maximum absolute atomic E-state index is 12.8. The molecule has 2 aliphatic heterocycles. The van der Waals surface area contributed by atoms with E-state index in [2.05, 4.69) is 9.73 Å². The molecule has 31 heavy (non-hydrogen) atoms. The molecular weight excluding hydrogens is 447 g/mol. The Morgan fingerprint density at radius 3 is 2.58 bits per heavy atom. The van der Waals surface area contributed by atoms with Crippen LogP contribution in [0, 0.1) is 0 Å². The molecule has 0 spiro atoms. The van der Waals surface area contributed by atoms with E-state index < -0.39 is 53.6 Å². The van der Waals surface area contributed by atoms with Crippen molar-refractivity contribution in [1.82, 2.24) is 4.90 Å². The van der Waals surface area contributed by atoms with Gasteiger partial charge in [0.05, 0.1) is 0 Å². The second-order valence-corrected chi connectivity index (χ2v) is 7.52. The van der Waals surface area contributed by atoms with Crippen LogP contribution in [0.2, 0.25) is 0 Å². The first-order valence-electron chi connectivity index (χ1n) is 8.67. The third-order valence-electron chi connectivity index (χ3n) is 4.50. The number of carboxylic acids is 2. The Balaban J connectivity index is 0.00000480. The van der Waals surface area contributed by atoms with Crippen LogP contribution in [0.1, 0.15) is 19.3 Å². The fourth-order valence-corrected chi connectivity index (χ4v) is 4.42. The van der Waals surface area contributed by atoms with Gasteiger partial charge in [-0.15, -0.1) is 11.8 Å². The van der Waals surface area contributed by atoms with Gasteiger partial charge < -0.3 is 36.3 Å². The molecule has 0 aromatic rings. The molecule has 0 saturated carbocycles. The first-order chi connectivity index (χ1) is 14.0. The van der Waals surface area contributed by atoms with Crippen LogP contribution in [-0.4, -0.2) is 81.6 Å². The Hall–Kier alpha value is -1.84. The third kappa shape index (κ3) is 5.70. The predicted octanol–water partition coefficient (Wildman–Crippen LogP) is -4.98. The van der Waals surface area contributed by atoms with Gasteiger partial charge in [0.15, 0.2) is 0 Å².